The summed E-state index contributed by atoms with van der Waals surface area (Å²) in [4.78, 5) is 24.9. The van der Waals surface area contributed by atoms with Crippen molar-refractivity contribution in [3.8, 4) is 0 Å². The van der Waals surface area contributed by atoms with Gasteiger partial charge in [-0.15, -0.1) is 0 Å². The topological polar surface area (TPSA) is 84.7 Å². The summed E-state index contributed by atoms with van der Waals surface area (Å²) in [5.41, 5.74) is 2.23. The Bertz CT molecular complexity index is 850. The van der Waals surface area contributed by atoms with E-state index in [0.717, 1.165) is 18.8 Å². The van der Waals surface area contributed by atoms with Crippen LogP contribution in [0.3, 0.4) is 0 Å². The molecule has 1 aliphatic heterocycles. The first-order valence-electron chi connectivity index (χ1n) is 8.14. The molecule has 1 heterocycles. The number of nitrogens with one attached hydrogen (secondary N) is 1. The van der Waals surface area contributed by atoms with Crippen molar-refractivity contribution in [2.75, 3.05) is 36.5 Å². The fourth-order valence-corrected chi connectivity index (χ4v) is 3.15. The molecule has 0 bridgehead atoms. The van der Waals surface area contributed by atoms with Crippen LogP contribution in [0.4, 0.5) is 17.1 Å². The minimum Gasteiger partial charge on any atom is -0.378 e. The Kier molecular flexibility index (Phi) is 5.39. The van der Waals surface area contributed by atoms with Crippen LogP contribution in [0.1, 0.15) is 15.9 Å². The van der Waals surface area contributed by atoms with Gasteiger partial charge in [-0.25, -0.2) is 0 Å². The molecule has 7 nitrogen and oxygen atoms in total. The van der Waals surface area contributed by atoms with E-state index in [1.165, 1.54) is 18.2 Å². The zero-order valence-corrected chi connectivity index (χ0v) is 15.0. The lowest BCUT2D eigenvalue weighted by Crippen LogP contribution is -2.36. The first-order chi connectivity index (χ1) is 12.5. The van der Waals surface area contributed by atoms with E-state index in [9.17, 15) is 14.9 Å². The van der Waals surface area contributed by atoms with Crippen LogP contribution >= 0.6 is 11.6 Å². The number of aryl methyl sites for hydroxylation is 1. The van der Waals surface area contributed by atoms with Crippen LogP contribution in [-0.2, 0) is 4.74 Å². The third-order valence-electron chi connectivity index (χ3n) is 4.21. The van der Waals surface area contributed by atoms with Crippen molar-refractivity contribution in [2.45, 2.75) is 6.92 Å². The highest BCUT2D eigenvalue weighted by atomic mass is 35.5. The standard InChI is InChI=1S/C18H18ClN3O4/c1-12-10-13(2-4-16(12)22(24)25)18(23)20-14-3-5-17(15(19)11-14)21-6-8-26-9-7-21/h2-5,10-11H,6-9H2,1H3,(H,20,23). The Morgan fingerprint density at radius 2 is 1.96 bits per heavy atom. The van der Waals surface area contributed by atoms with Gasteiger partial charge in [0.15, 0.2) is 0 Å². The number of morpholine rings is 1. The van der Waals surface area contributed by atoms with E-state index in [2.05, 4.69) is 10.2 Å². The molecule has 0 radical (unpaired) electrons. The number of anilines is 2. The molecular weight excluding hydrogens is 358 g/mol. The van der Waals surface area contributed by atoms with Crippen LogP contribution in [0.15, 0.2) is 36.4 Å². The van der Waals surface area contributed by atoms with Crippen molar-refractivity contribution in [1.82, 2.24) is 0 Å². The fraction of sp³-hybridized carbons (Fsp3) is 0.278. The van der Waals surface area contributed by atoms with Gasteiger partial charge in [0.25, 0.3) is 11.6 Å². The molecule has 1 amide bonds. The maximum absolute atomic E-state index is 12.4. The lowest BCUT2D eigenvalue weighted by molar-refractivity contribution is -0.385. The molecule has 3 rings (SSSR count). The van der Waals surface area contributed by atoms with Gasteiger partial charge in [-0.2, -0.15) is 0 Å². The van der Waals surface area contributed by atoms with E-state index in [0.29, 0.717) is 35.1 Å². The van der Waals surface area contributed by atoms with Gasteiger partial charge in [0.05, 0.1) is 28.8 Å². The Labute approximate surface area is 155 Å². The summed E-state index contributed by atoms with van der Waals surface area (Å²) in [6.07, 6.45) is 0. The normalized spacial score (nSPS) is 14.2. The van der Waals surface area contributed by atoms with Gasteiger partial charge < -0.3 is 15.0 Å². The van der Waals surface area contributed by atoms with E-state index in [-0.39, 0.29) is 11.6 Å². The lowest BCUT2D eigenvalue weighted by atomic mass is 10.1. The SMILES string of the molecule is Cc1cc(C(=O)Nc2ccc(N3CCOCC3)c(Cl)c2)ccc1[N+](=O)[O-]. The number of nitro benzene ring substituents is 1. The number of amides is 1. The summed E-state index contributed by atoms with van der Waals surface area (Å²) in [6, 6.07) is 9.61. The highest BCUT2D eigenvalue weighted by Crippen LogP contribution is 2.30. The van der Waals surface area contributed by atoms with Gasteiger partial charge >= 0.3 is 0 Å². The van der Waals surface area contributed by atoms with Crippen LogP contribution in [0.2, 0.25) is 5.02 Å². The number of ether oxygens (including phenoxy) is 1. The number of hydrogen-bond acceptors (Lipinski definition) is 5. The van der Waals surface area contributed by atoms with Crippen molar-refractivity contribution < 1.29 is 14.5 Å². The Morgan fingerprint density at radius 1 is 1.23 bits per heavy atom. The summed E-state index contributed by atoms with van der Waals surface area (Å²) in [5.74, 6) is -0.349. The van der Waals surface area contributed by atoms with Gasteiger partial charge in [-0.05, 0) is 37.3 Å². The average Bonchev–Trinajstić information content (AvgIpc) is 2.62. The zero-order chi connectivity index (χ0) is 18.7. The molecule has 1 fully saturated rings. The quantitative estimate of drug-likeness (QED) is 0.651. The van der Waals surface area contributed by atoms with Gasteiger partial charge in [-0.1, -0.05) is 11.6 Å². The lowest BCUT2D eigenvalue weighted by Gasteiger charge is -2.29. The number of nitro groups is 1. The van der Waals surface area contributed by atoms with Gasteiger partial charge in [-0.3, -0.25) is 14.9 Å². The molecular formula is C18H18ClN3O4. The summed E-state index contributed by atoms with van der Waals surface area (Å²) in [6.45, 7) is 4.46. The molecule has 0 aromatic heterocycles. The molecule has 0 atom stereocenters. The molecule has 1 saturated heterocycles. The maximum Gasteiger partial charge on any atom is 0.272 e. The predicted octanol–water partition coefficient (Wildman–Crippen LogP) is 3.65. The second-order valence-corrected chi connectivity index (χ2v) is 6.39. The molecule has 0 saturated carbocycles. The van der Waals surface area contributed by atoms with E-state index in [4.69, 9.17) is 16.3 Å². The zero-order valence-electron chi connectivity index (χ0n) is 14.2. The van der Waals surface area contributed by atoms with Gasteiger partial charge in [0.2, 0.25) is 0 Å². The van der Waals surface area contributed by atoms with E-state index >= 15 is 0 Å². The molecule has 0 spiro atoms. The van der Waals surface area contributed by atoms with Crippen molar-refractivity contribution >= 4 is 34.6 Å². The number of carbonyl (C=O) groups excluding carboxylic acids is 1. The van der Waals surface area contributed by atoms with Crippen LogP contribution in [0, 0.1) is 17.0 Å². The van der Waals surface area contributed by atoms with Crippen molar-refractivity contribution in [2.24, 2.45) is 0 Å². The number of nitrogens with zero attached hydrogens (tertiary/aromatic N) is 2. The Hall–Kier alpha value is -2.64. The molecule has 1 aliphatic rings. The monoisotopic (exact) mass is 375 g/mol. The third-order valence-corrected chi connectivity index (χ3v) is 4.52. The van der Waals surface area contributed by atoms with E-state index in [1.54, 1.807) is 19.1 Å². The summed E-state index contributed by atoms with van der Waals surface area (Å²) < 4.78 is 5.34. The average molecular weight is 376 g/mol. The molecule has 2 aromatic carbocycles. The maximum atomic E-state index is 12.4. The molecule has 0 aliphatic carbocycles. The molecule has 8 heteroatoms. The molecule has 26 heavy (non-hydrogen) atoms. The fourth-order valence-electron chi connectivity index (χ4n) is 2.85. The van der Waals surface area contributed by atoms with Crippen LogP contribution in [-0.4, -0.2) is 37.1 Å². The van der Waals surface area contributed by atoms with E-state index < -0.39 is 4.92 Å². The second-order valence-electron chi connectivity index (χ2n) is 5.98. The third kappa shape index (κ3) is 3.95. The first-order valence-corrected chi connectivity index (χ1v) is 8.52. The number of hydrogen-bond donors (Lipinski definition) is 1. The molecule has 136 valence electrons. The summed E-state index contributed by atoms with van der Waals surface area (Å²) in [7, 11) is 0. The summed E-state index contributed by atoms with van der Waals surface area (Å²) in [5, 5.41) is 14.2. The molecule has 0 unspecified atom stereocenters. The van der Waals surface area contributed by atoms with Crippen molar-refractivity contribution in [1.29, 1.82) is 0 Å². The minimum absolute atomic E-state index is 0.0144. The minimum atomic E-state index is -0.471. The van der Waals surface area contributed by atoms with Crippen LogP contribution in [0.5, 0.6) is 0 Å². The Balaban J connectivity index is 1.74. The number of halogens is 1. The first kappa shape index (κ1) is 18.2. The van der Waals surface area contributed by atoms with E-state index in [1.807, 2.05) is 6.07 Å². The second kappa shape index (κ2) is 7.72. The Morgan fingerprint density at radius 3 is 2.58 bits per heavy atom. The van der Waals surface area contributed by atoms with Crippen molar-refractivity contribution in [3.05, 3.63) is 62.7 Å². The highest BCUT2D eigenvalue weighted by Gasteiger charge is 2.16. The molecule has 2 aromatic rings. The van der Waals surface area contributed by atoms with Crippen LogP contribution < -0.4 is 10.2 Å². The smallest absolute Gasteiger partial charge is 0.272 e. The molecule has 1 N–H and O–H groups in total. The van der Waals surface area contributed by atoms with Gasteiger partial charge in [0, 0.05) is 36.0 Å². The number of benzene rings is 2. The number of rotatable bonds is 4. The van der Waals surface area contributed by atoms with Gasteiger partial charge in [0.1, 0.15) is 0 Å². The largest absolute Gasteiger partial charge is 0.378 e. The predicted molar refractivity (Wildman–Crippen MR) is 100 cm³/mol. The summed E-state index contributed by atoms with van der Waals surface area (Å²) >= 11 is 6.36. The van der Waals surface area contributed by atoms with Crippen molar-refractivity contribution in [3.63, 3.8) is 0 Å². The highest BCUT2D eigenvalue weighted by molar-refractivity contribution is 6.33. The van der Waals surface area contributed by atoms with Crippen LogP contribution in [0.25, 0.3) is 0 Å². The number of carbonyl (C=O) groups is 1.